The molecule has 5 N–H and O–H groups in total. The molecule has 10 rings (SSSR count). The molecule has 2 unspecified atom stereocenters. The number of ether oxygens (including phenoxy) is 3. The molecule has 3 aromatic carbocycles. The van der Waals surface area contributed by atoms with Gasteiger partial charge in [-0.15, -0.1) is 0 Å². The number of anilines is 5. The van der Waals surface area contributed by atoms with Gasteiger partial charge >= 0.3 is 0 Å². The minimum atomic E-state index is -1.99. The van der Waals surface area contributed by atoms with E-state index in [1.807, 2.05) is 30.3 Å². The first kappa shape index (κ1) is 32.0. The fourth-order valence-corrected chi connectivity index (χ4v) is 5.20. The van der Waals surface area contributed by atoms with E-state index in [-0.39, 0.29) is 29.6 Å². The number of methoxy groups -OCH3 is 1. The standard InChI is InChI=1S/C34H34FN7O6/c1-34-31(44)40-24-17-21(10-12-26(24)48-34)38-29-23(35)19-37-33(42-29)39-22-11-13-27(28(18-22)46-2)47-15-7-6-14-36-30(43)25(41-32(34)45)16-20-8-4-3-5-9-20/h3-5,8-13,17-19,25H,6-7,14-16H2,1-2H3,(H,36,43)(H,40,44)(H,41,45)(H2,37,38,39,42). The van der Waals surface area contributed by atoms with Gasteiger partial charge in [0.25, 0.3) is 17.4 Å². The zero-order chi connectivity index (χ0) is 33.7. The van der Waals surface area contributed by atoms with Crippen LogP contribution in [-0.4, -0.2) is 59.6 Å². The van der Waals surface area contributed by atoms with Crippen LogP contribution in [0.4, 0.5) is 33.2 Å². The topological polar surface area (TPSA) is 165 Å². The van der Waals surface area contributed by atoms with Gasteiger partial charge in [0.15, 0.2) is 23.1 Å². The minimum absolute atomic E-state index is 0.115. The van der Waals surface area contributed by atoms with Crippen LogP contribution in [0.3, 0.4) is 0 Å². The van der Waals surface area contributed by atoms with E-state index < -0.39 is 35.2 Å². The highest BCUT2D eigenvalue weighted by Crippen LogP contribution is 2.37. The zero-order valence-corrected chi connectivity index (χ0v) is 26.3. The van der Waals surface area contributed by atoms with Crippen molar-refractivity contribution in [3.05, 3.63) is 84.3 Å². The van der Waals surface area contributed by atoms with Crippen molar-refractivity contribution in [2.75, 3.05) is 36.2 Å². The number of benzene rings is 3. The number of hydrogen-bond donors (Lipinski definition) is 5. The third kappa shape index (κ3) is 7.07. The number of nitrogens with zero attached hydrogens (tertiary/aromatic N) is 2. The Morgan fingerprint density at radius 2 is 1.71 bits per heavy atom. The summed E-state index contributed by atoms with van der Waals surface area (Å²) < 4.78 is 32.2. The average Bonchev–Trinajstić information content (AvgIpc) is 3.08. The summed E-state index contributed by atoms with van der Waals surface area (Å²) in [6, 6.07) is 18.1. The van der Waals surface area contributed by atoms with Crippen molar-refractivity contribution in [1.82, 2.24) is 20.6 Å². The Kier molecular flexibility index (Phi) is 9.23. The molecule has 2 atom stereocenters. The third-order valence-corrected chi connectivity index (χ3v) is 7.87. The summed E-state index contributed by atoms with van der Waals surface area (Å²) in [4.78, 5) is 48.7. The summed E-state index contributed by atoms with van der Waals surface area (Å²) in [5, 5.41) is 14.3. The molecule has 48 heavy (non-hydrogen) atoms. The number of carbonyl (C=O) groups is 3. The average molecular weight is 656 g/mol. The van der Waals surface area contributed by atoms with Crippen molar-refractivity contribution in [3.8, 4) is 17.2 Å². The van der Waals surface area contributed by atoms with E-state index in [2.05, 4.69) is 36.6 Å². The molecule has 14 heteroatoms. The highest BCUT2D eigenvalue weighted by atomic mass is 19.1. The summed E-state index contributed by atoms with van der Waals surface area (Å²) in [5.41, 5.74) is 0.0408. The van der Waals surface area contributed by atoms with Crippen LogP contribution in [0.15, 0.2) is 72.9 Å². The van der Waals surface area contributed by atoms with Gasteiger partial charge in [-0.3, -0.25) is 14.4 Å². The SMILES string of the molecule is COc1cc2ccc1OCCCCNC(=O)C(Cc1ccccc1)NC(=O)C1(C)Oc3ccc(cc3NC1=O)Nc1nc(ncc1F)N2. The summed E-state index contributed by atoms with van der Waals surface area (Å²) in [6.07, 6.45) is 2.43. The lowest BCUT2D eigenvalue weighted by atomic mass is 9.99. The molecule has 6 aliphatic rings. The summed E-state index contributed by atoms with van der Waals surface area (Å²) >= 11 is 0. The number of rotatable bonds is 3. The first-order valence-corrected chi connectivity index (χ1v) is 15.4. The molecule has 8 bridgehead atoms. The second-order valence-electron chi connectivity index (χ2n) is 11.4. The van der Waals surface area contributed by atoms with Crippen LogP contribution in [0, 0.1) is 5.82 Å². The molecule has 4 aromatic rings. The molecule has 7 heterocycles. The molecule has 0 spiro atoms. The first-order valence-electron chi connectivity index (χ1n) is 15.4. The lowest BCUT2D eigenvalue weighted by molar-refractivity contribution is -0.148. The van der Waals surface area contributed by atoms with Gasteiger partial charge in [0.1, 0.15) is 11.8 Å². The summed E-state index contributed by atoms with van der Waals surface area (Å²) in [7, 11) is 1.52. The quantitative estimate of drug-likeness (QED) is 0.202. The maximum atomic E-state index is 14.8. The second-order valence-corrected chi connectivity index (χ2v) is 11.4. The van der Waals surface area contributed by atoms with Crippen molar-refractivity contribution < 1.29 is 33.0 Å². The molecule has 0 radical (unpaired) electrons. The van der Waals surface area contributed by atoms with Crippen LogP contribution in [0.2, 0.25) is 0 Å². The van der Waals surface area contributed by atoms with Crippen molar-refractivity contribution >= 4 is 46.5 Å². The van der Waals surface area contributed by atoms with E-state index >= 15 is 0 Å². The lowest BCUT2D eigenvalue weighted by Crippen LogP contribution is -2.62. The van der Waals surface area contributed by atoms with Gasteiger partial charge in [-0.1, -0.05) is 30.3 Å². The molecule has 0 aliphatic carbocycles. The fourth-order valence-electron chi connectivity index (χ4n) is 5.20. The number of nitrogens with one attached hydrogen (secondary N) is 5. The van der Waals surface area contributed by atoms with Crippen LogP contribution < -0.4 is 40.8 Å². The molecule has 1 aromatic heterocycles. The molecular formula is C34H34FN7O6. The van der Waals surface area contributed by atoms with Crippen LogP contribution in [0.25, 0.3) is 0 Å². The Balaban J connectivity index is 1.30. The molecule has 0 saturated heterocycles. The van der Waals surface area contributed by atoms with Gasteiger partial charge < -0.3 is 40.8 Å². The van der Waals surface area contributed by atoms with Crippen LogP contribution in [0.1, 0.15) is 25.3 Å². The van der Waals surface area contributed by atoms with Crippen molar-refractivity contribution in [2.24, 2.45) is 0 Å². The Hall–Kier alpha value is -5.92. The lowest BCUT2D eigenvalue weighted by Gasteiger charge is -2.34. The zero-order valence-electron chi connectivity index (χ0n) is 26.3. The molecule has 3 amide bonds. The van der Waals surface area contributed by atoms with Gasteiger partial charge in [-0.25, -0.2) is 9.37 Å². The van der Waals surface area contributed by atoms with Gasteiger partial charge in [0, 0.05) is 30.4 Å². The maximum Gasteiger partial charge on any atom is 0.278 e. The van der Waals surface area contributed by atoms with E-state index in [1.165, 1.54) is 26.2 Å². The largest absolute Gasteiger partial charge is 0.493 e. The molecule has 13 nitrogen and oxygen atoms in total. The van der Waals surface area contributed by atoms with Gasteiger partial charge in [0.05, 0.1) is 25.6 Å². The Morgan fingerprint density at radius 1 is 0.938 bits per heavy atom. The smallest absolute Gasteiger partial charge is 0.278 e. The van der Waals surface area contributed by atoms with E-state index in [4.69, 9.17) is 14.2 Å². The maximum absolute atomic E-state index is 14.8. The molecule has 6 aliphatic heterocycles. The van der Waals surface area contributed by atoms with Crippen LogP contribution in [-0.2, 0) is 20.8 Å². The van der Waals surface area contributed by atoms with E-state index in [1.54, 1.807) is 24.3 Å². The third-order valence-electron chi connectivity index (χ3n) is 7.87. The highest BCUT2D eigenvalue weighted by Gasteiger charge is 2.48. The van der Waals surface area contributed by atoms with Crippen LogP contribution in [0.5, 0.6) is 17.2 Å². The number of aromatic nitrogens is 2. The van der Waals surface area contributed by atoms with Crippen molar-refractivity contribution in [2.45, 2.75) is 37.8 Å². The van der Waals surface area contributed by atoms with Crippen molar-refractivity contribution in [1.29, 1.82) is 0 Å². The Morgan fingerprint density at radius 3 is 2.50 bits per heavy atom. The normalized spacial score (nSPS) is 19.6. The van der Waals surface area contributed by atoms with Gasteiger partial charge in [-0.05, 0) is 55.7 Å². The number of carbonyl (C=O) groups excluding carboxylic acids is 3. The monoisotopic (exact) mass is 655 g/mol. The molecule has 0 fully saturated rings. The van der Waals surface area contributed by atoms with Gasteiger partial charge in [-0.2, -0.15) is 4.98 Å². The summed E-state index contributed by atoms with van der Waals surface area (Å²) in [5.74, 6) is -1.46. The molecular weight excluding hydrogens is 621 g/mol. The highest BCUT2D eigenvalue weighted by molar-refractivity contribution is 6.16. The molecule has 248 valence electrons. The second kappa shape index (κ2) is 13.8. The van der Waals surface area contributed by atoms with E-state index in [0.717, 1.165) is 11.8 Å². The fraction of sp³-hybridized carbons (Fsp3) is 0.265. The molecule has 0 saturated carbocycles. The minimum Gasteiger partial charge on any atom is -0.493 e. The van der Waals surface area contributed by atoms with E-state index in [0.29, 0.717) is 48.9 Å². The first-order chi connectivity index (χ1) is 23.2. The van der Waals surface area contributed by atoms with Crippen LogP contribution >= 0.6 is 0 Å². The Bertz CT molecular complexity index is 1840. The van der Waals surface area contributed by atoms with Crippen molar-refractivity contribution in [3.63, 3.8) is 0 Å². The Labute approximate surface area is 275 Å². The summed E-state index contributed by atoms with van der Waals surface area (Å²) in [6.45, 7) is 2.02. The predicted molar refractivity (Wildman–Crippen MR) is 175 cm³/mol. The predicted octanol–water partition coefficient (Wildman–Crippen LogP) is 4.22. The number of hydrogen-bond acceptors (Lipinski definition) is 10. The van der Waals surface area contributed by atoms with Gasteiger partial charge in [0.2, 0.25) is 11.9 Å². The number of amides is 3. The van der Waals surface area contributed by atoms with E-state index in [9.17, 15) is 18.8 Å². The number of halogens is 1.